The lowest BCUT2D eigenvalue weighted by Crippen LogP contribution is -2.31. The Labute approximate surface area is 97.2 Å². The second-order valence-electron chi connectivity index (χ2n) is 4.81. The normalized spacial score (nSPS) is 31.0. The van der Waals surface area contributed by atoms with Crippen LogP contribution in [0.5, 0.6) is 0 Å². The SMILES string of the molecule is c1ccc(C2CCC(N3CCCC3)O2)cc1. The van der Waals surface area contributed by atoms with E-state index in [0.717, 1.165) is 0 Å². The van der Waals surface area contributed by atoms with Gasteiger partial charge in [-0.3, -0.25) is 4.90 Å². The molecule has 2 heteroatoms. The van der Waals surface area contributed by atoms with Crippen LogP contribution in [0.25, 0.3) is 0 Å². The van der Waals surface area contributed by atoms with Gasteiger partial charge in [-0.1, -0.05) is 30.3 Å². The van der Waals surface area contributed by atoms with E-state index in [9.17, 15) is 0 Å². The zero-order chi connectivity index (χ0) is 10.8. The summed E-state index contributed by atoms with van der Waals surface area (Å²) in [6.07, 6.45) is 5.76. The Morgan fingerprint density at radius 1 is 1.00 bits per heavy atom. The number of likely N-dealkylation sites (tertiary alicyclic amines) is 1. The molecule has 0 aromatic heterocycles. The minimum absolute atomic E-state index is 0.326. The molecule has 0 radical (unpaired) electrons. The summed E-state index contributed by atoms with van der Waals surface area (Å²) < 4.78 is 6.16. The van der Waals surface area contributed by atoms with Crippen LogP contribution in [0.3, 0.4) is 0 Å². The van der Waals surface area contributed by atoms with E-state index in [2.05, 4.69) is 35.2 Å². The first-order valence-corrected chi connectivity index (χ1v) is 6.38. The molecule has 2 atom stereocenters. The maximum absolute atomic E-state index is 6.16. The van der Waals surface area contributed by atoms with Gasteiger partial charge in [0.1, 0.15) is 6.23 Å². The summed E-state index contributed by atoms with van der Waals surface area (Å²) in [5.74, 6) is 0. The van der Waals surface area contributed by atoms with Gasteiger partial charge in [-0.15, -0.1) is 0 Å². The summed E-state index contributed by atoms with van der Waals surface area (Å²) in [7, 11) is 0. The summed E-state index contributed by atoms with van der Waals surface area (Å²) in [6, 6.07) is 10.6. The molecule has 0 spiro atoms. The van der Waals surface area contributed by atoms with Crippen molar-refractivity contribution in [3.05, 3.63) is 35.9 Å². The van der Waals surface area contributed by atoms with E-state index in [0.29, 0.717) is 12.3 Å². The number of benzene rings is 1. The van der Waals surface area contributed by atoms with Crippen LogP contribution in [0.4, 0.5) is 0 Å². The average molecular weight is 217 g/mol. The lowest BCUT2D eigenvalue weighted by Gasteiger charge is -2.23. The Morgan fingerprint density at radius 2 is 1.75 bits per heavy atom. The quantitative estimate of drug-likeness (QED) is 0.755. The van der Waals surface area contributed by atoms with Gasteiger partial charge >= 0.3 is 0 Å². The molecule has 2 unspecified atom stereocenters. The minimum Gasteiger partial charge on any atom is -0.355 e. The second-order valence-corrected chi connectivity index (χ2v) is 4.81. The van der Waals surface area contributed by atoms with Crippen LogP contribution in [0.1, 0.15) is 37.4 Å². The molecule has 0 saturated carbocycles. The fourth-order valence-electron chi connectivity index (χ4n) is 2.83. The number of nitrogens with zero attached hydrogens (tertiary/aromatic N) is 1. The van der Waals surface area contributed by atoms with Crippen molar-refractivity contribution in [2.45, 2.75) is 38.0 Å². The van der Waals surface area contributed by atoms with Crippen LogP contribution < -0.4 is 0 Å². The molecule has 16 heavy (non-hydrogen) atoms. The third kappa shape index (κ3) is 2.00. The zero-order valence-electron chi connectivity index (χ0n) is 9.64. The molecule has 0 N–H and O–H groups in total. The predicted octanol–water partition coefficient (Wildman–Crippen LogP) is 2.96. The lowest BCUT2D eigenvalue weighted by atomic mass is 10.1. The predicted molar refractivity (Wildman–Crippen MR) is 64.1 cm³/mol. The summed E-state index contributed by atoms with van der Waals surface area (Å²) in [6.45, 7) is 2.46. The maximum atomic E-state index is 6.16. The van der Waals surface area contributed by atoms with Gasteiger partial charge < -0.3 is 4.74 Å². The fourth-order valence-corrected chi connectivity index (χ4v) is 2.83. The van der Waals surface area contributed by atoms with Gasteiger partial charge in [0.05, 0.1) is 6.10 Å². The molecule has 2 nitrogen and oxygen atoms in total. The van der Waals surface area contributed by atoms with Crippen LogP contribution in [0.15, 0.2) is 30.3 Å². The van der Waals surface area contributed by atoms with Gasteiger partial charge in [0.2, 0.25) is 0 Å². The summed E-state index contributed by atoms with van der Waals surface area (Å²) in [4.78, 5) is 2.50. The van der Waals surface area contributed by atoms with E-state index in [4.69, 9.17) is 4.74 Å². The van der Waals surface area contributed by atoms with E-state index < -0.39 is 0 Å². The number of hydrogen-bond acceptors (Lipinski definition) is 2. The summed E-state index contributed by atoms with van der Waals surface area (Å²) >= 11 is 0. The van der Waals surface area contributed by atoms with Crippen molar-refractivity contribution in [1.29, 1.82) is 0 Å². The smallest absolute Gasteiger partial charge is 0.111 e. The molecule has 1 aromatic carbocycles. The molecule has 3 rings (SSSR count). The lowest BCUT2D eigenvalue weighted by molar-refractivity contribution is -0.0452. The number of ether oxygens (including phenoxy) is 1. The Morgan fingerprint density at radius 3 is 2.50 bits per heavy atom. The highest BCUT2D eigenvalue weighted by atomic mass is 16.5. The summed E-state index contributed by atoms with van der Waals surface area (Å²) in [5.41, 5.74) is 1.34. The second kappa shape index (κ2) is 4.56. The average Bonchev–Trinajstić information content (AvgIpc) is 3.01. The first-order chi connectivity index (χ1) is 7.93. The molecule has 1 aromatic rings. The third-order valence-corrected chi connectivity index (χ3v) is 3.72. The molecular formula is C14H19NO. The first kappa shape index (κ1) is 10.3. The Kier molecular flexibility index (Phi) is 2.94. The Bertz CT molecular complexity index is 332. The van der Waals surface area contributed by atoms with Crippen LogP contribution in [-0.2, 0) is 4.74 Å². The summed E-state index contributed by atoms with van der Waals surface area (Å²) in [5, 5.41) is 0. The van der Waals surface area contributed by atoms with Crippen molar-refractivity contribution in [1.82, 2.24) is 4.90 Å². The van der Waals surface area contributed by atoms with Gasteiger partial charge in [-0.05, 0) is 31.2 Å². The highest BCUT2D eigenvalue weighted by molar-refractivity contribution is 5.18. The molecule has 0 amide bonds. The Balaban J connectivity index is 1.64. The van der Waals surface area contributed by atoms with E-state index in [-0.39, 0.29) is 0 Å². The topological polar surface area (TPSA) is 12.5 Å². The van der Waals surface area contributed by atoms with E-state index in [1.165, 1.54) is 44.3 Å². The third-order valence-electron chi connectivity index (χ3n) is 3.72. The first-order valence-electron chi connectivity index (χ1n) is 6.38. The van der Waals surface area contributed by atoms with Gasteiger partial charge in [0, 0.05) is 13.1 Å². The van der Waals surface area contributed by atoms with Crippen molar-refractivity contribution in [3.63, 3.8) is 0 Å². The van der Waals surface area contributed by atoms with Gasteiger partial charge in [0.15, 0.2) is 0 Å². The van der Waals surface area contributed by atoms with E-state index in [1.807, 2.05) is 0 Å². The monoisotopic (exact) mass is 217 g/mol. The molecule has 2 heterocycles. The standard InChI is InChI=1S/C14H19NO/c1-2-6-12(7-3-1)13-8-9-14(16-13)15-10-4-5-11-15/h1-3,6-7,13-14H,4-5,8-11H2. The fraction of sp³-hybridized carbons (Fsp3) is 0.571. The molecule has 2 aliphatic heterocycles. The van der Waals surface area contributed by atoms with Crippen molar-refractivity contribution in [2.24, 2.45) is 0 Å². The van der Waals surface area contributed by atoms with Crippen LogP contribution in [0, 0.1) is 0 Å². The molecule has 2 aliphatic rings. The largest absolute Gasteiger partial charge is 0.355 e. The van der Waals surface area contributed by atoms with Crippen LogP contribution >= 0.6 is 0 Å². The molecule has 2 fully saturated rings. The van der Waals surface area contributed by atoms with Crippen molar-refractivity contribution < 1.29 is 4.74 Å². The van der Waals surface area contributed by atoms with Crippen LogP contribution in [0.2, 0.25) is 0 Å². The van der Waals surface area contributed by atoms with E-state index >= 15 is 0 Å². The number of rotatable bonds is 2. The molecular weight excluding hydrogens is 198 g/mol. The highest BCUT2D eigenvalue weighted by Gasteiger charge is 2.31. The van der Waals surface area contributed by atoms with Gasteiger partial charge in [-0.2, -0.15) is 0 Å². The van der Waals surface area contributed by atoms with Crippen molar-refractivity contribution in [3.8, 4) is 0 Å². The van der Waals surface area contributed by atoms with Gasteiger partial charge in [-0.25, -0.2) is 0 Å². The molecule has 0 bridgehead atoms. The Hall–Kier alpha value is -0.860. The highest BCUT2D eigenvalue weighted by Crippen LogP contribution is 2.34. The van der Waals surface area contributed by atoms with E-state index in [1.54, 1.807) is 0 Å². The number of hydrogen-bond donors (Lipinski definition) is 0. The molecule has 2 saturated heterocycles. The van der Waals surface area contributed by atoms with Crippen LogP contribution in [-0.4, -0.2) is 24.2 Å². The minimum atomic E-state index is 0.326. The maximum Gasteiger partial charge on any atom is 0.111 e. The zero-order valence-corrected chi connectivity index (χ0v) is 9.64. The molecule has 0 aliphatic carbocycles. The van der Waals surface area contributed by atoms with Crippen molar-refractivity contribution in [2.75, 3.05) is 13.1 Å². The van der Waals surface area contributed by atoms with Crippen molar-refractivity contribution >= 4 is 0 Å². The molecule has 86 valence electrons. The van der Waals surface area contributed by atoms with Gasteiger partial charge in [0.25, 0.3) is 0 Å².